The Morgan fingerprint density at radius 1 is 1.20 bits per heavy atom. The second kappa shape index (κ2) is 11.7. The summed E-state index contributed by atoms with van der Waals surface area (Å²) in [6.07, 6.45) is 0. The van der Waals surface area contributed by atoms with Crippen LogP contribution in [0.4, 0.5) is 4.39 Å². The number of carbonyl (C=O) groups is 2. The molecule has 1 unspecified atom stereocenters. The van der Waals surface area contributed by atoms with Crippen LogP contribution in [0.5, 0.6) is 0 Å². The third-order valence-corrected chi connectivity index (χ3v) is 6.79. The molecule has 0 fully saturated rings. The first-order valence-electron chi connectivity index (χ1n) is 10.4. The summed E-state index contributed by atoms with van der Waals surface area (Å²) in [6.45, 7) is 2.31. The number of H-pyrrole nitrogens is 1. The summed E-state index contributed by atoms with van der Waals surface area (Å²) < 4.78 is 24.4. The summed E-state index contributed by atoms with van der Waals surface area (Å²) in [4.78, 5) is 44.7. The number of aryl methyl sites for hydroxylation is 1. The molecule has 1 aliphatic heterocycles. The minimum atomic E-state index is -1.13. The van der Waals surface area contributed by atoms with Gasteiger partial charge in [-0.15, -0.1) is 0 Å². The number of carbonyl (C=O) groups excluding carboxylic acids is 2. The average molecular weight is 542 g/mol. The van der Waals surface area contributed by atoms with Crippen LogP contribution in [0.15, 0.2) is 56.8 Å². The molecule has 0 amide bonds. The molecule has 0 aliphatic carbocycles. The van der Waals surface area contributed by atoms with E-state index in [4.69, 9.17) is 32.7 Å². The van der Waals surface area contributed by atoms with Gasteiger partial charge in [-0.25, -0.2) is 19.0 Å². The van der Waals surface area contributed by atoms with E-state index in [9.17, 15) is 18.8 Å². The summed E-state index contributed by atoms with van der Waals surface area (Å²) in [5.74, 6) is -2.64. The number of nitrogens with one attached hydrogen (secondary N) is 2. The fraction of sp³-hybridized carbons (Fsp3) is 0.304. The SMILES string of the molecule is CCOC(=O)C1=C(CSc2nc(C)cc(=O)[nH]2)NC(CF)=C(C(=O)OC)C1c1cccc(Cl)c1Cl. The smallest absolute Gasteiger partial charge is 0.336 e. The summed E-state index contributed by atoms with van der Waals surface area (Å²) in [7, 11) is 1.15. The first-order valence-corrected chi connectivity index (χ1v) is 12.1. The largest absolute Gasteiger partial charge is 0.466 e. The van der Waals surface area contributed by atoms with Crippen LogP contribution in [0.25, 0.3) is 0 Å². The van der Waals surface area contributed by atoms with Gasteiger partial charge >= 0.3 is 11.9 Å². The van der Waals surface area contributed by atoms with E-state index in [1.54, 1.807) is 32.0 Å². The van der Waals surface area contributed by atoms with Gasteiger partial charge < -0.3 is 19.8 Å². The fourth-order valence-electron chi connectivity index (χ4n) is 3.64. The van der Waals surface area contributed by atoms with Gasteiger partial charge in [-0.1, -0.05) is 47.1 Å². The van der Waals surface area contributed by atoms with Crippen LogP contribution in [0.2, 0.25) is 10.0 Å². The molecule has 12 heteroatoms. The Balaban J connectivity index is 2.22. The van der Waals surface area contributed by atoms with Crippen molar-refractivity contribution in [2.75, 3.05) is 26.1 Å². The number of alkyl halides is 1. The van der Waals surface area contributed by atoms with Crippen molar-refractivity contribution in [3.05, 3.63) is 78.5 Å². The Kier molecular flexibility index (Phi) is 8.98. The Hall–Kier alpha value is -2.82. The second-order valence-corrected chi connectivity index (χ2v) is 9.06. The van der Waals surface area contributed by atoms with Crippen molar-refractivity contribution in [2.24, 2.45) is 0 Å². The summed E-state index contributed by atoms with van der Waals surface area (Å²) in [5.41, 5.74) is 0.561. The van der Waals surface area contributed by atoms with E-state index in [0.717, 1.165) is 18.9 Å². The summed E-state index contributed by atoms with van der Waals surface area (Å²) in [5, 5.41) is 3.44. The van der Waals surface area contributed by atoms with Crippen LogP contribution in [-0.4, -0.2) is 48.1 Å². The molecule has 1 aliphatic rings. The van der Waals surface area contributed by atoms with E-state index < -0.39 is 24.5 Å². The van der Waals surface area contributed by atoms with Crippen LogP contribution in [0.1, 0.15) is 24.1 Å². The highest BCUT2D eigenvalue weighted by Gasteiger charge is 2.41. The van der Waals surface area contributed by atoms with Crippen molar-refractivity contribution in [3.63, 3.8) is 0 Å². The minimum absolute atomic E-state index is 0.0381. The number of thioether (sulfide) groups is 1. The highest BCUT2D eigenvalue weighted by molar-refractivity contribution is 7.99. The molecule has 0 bridgehead atoms. The maximum absolute atomic E-state index is 14.2. The molecule has 2 N–H and O–H groups in total. The lowest BCUT2D eigenvalue weighted by molar-refractivity contribution is -0.139. The Bertz CT molecular complexity index is 1280. The van der Waals surface area contributed by atoms with Gasteiger partial charge in [0, 0.05) is 23.2 Å². The highest BCUT2D eigenvalue weighted by Crippen LogP contribution is 2.44. The number of methoxy groups -OCH3 is 1. The van der Waals surface area contributed by atoms with Crippen molar-refractivity contribution in [3.8, 4) is 0 Å². The number of halogens is 3. The number of aromatic nitrogens is 2. The van der Waals surface area contributed by atoms with Crippen molar-refractivity contribution >= 4 is 46.9 Å². The number of allylic oxidation sites excluding steroid dienone is 1. The molecule has 1 aromatic heterocycles. The van der Waals surface area contributed by atoms with Gasteiger partial charge in [-0.05, 0) is 25.5 Å². The van der Waals surface area contributed by atoms with Crippen molar-refractivity contribution in [2.45, 2.75) is 24.9 Å². The third kappa shape index (κ3) is 5.88. The van der Waals surface area contributed by atoms with Gasteiger partial charge in [0.2, 0.25) is 0 Å². The zero-order chi connectivity index (χ0) is 25.7. The molecule has 0 radical (unpaired) electrons. The number of hydrogen-bond donors (Lipinski definition) is 2. The van der Waals surface area contributed by atoms with Crippen molar-refractivity contribution in [1.29, 1.82) is 0 Å². The monoisotopic (exact) mass is 541 g/mol. The maximum Gasteiger partial charge on any atom is 0.336 e. The topological polar surface area (TPSA) is 110 Å². The molecule has 2 aromatic rings. The van der Waals surface area contributed by atoms with Crippen molar-refractivity contribution < 1.29 is 23.5 Å². The van der Waals surface area contributed by atoms with Crippen LogP contribution in [-0.2, 0) is 19.1 Å². The number of dihydropyridines is 1. The number of hydrogen-bond acceptors (Lipinski definition) is 8. The third-order valence-electron chi connectivity index (χ3n) is 5.06. The normalized spacial score (nSPS) is 15.7. The molecule has 0 saturated heterocycles. The molecule has 3 rings (SSSR count). The molecular formula is C23H22Cl2FN3O5S. The molecule has 1 atom stereocenters. The zero-order valence-electron chi connectivity index (χ0n) is 19.0. The number of ether oxygens (including phenoxy) is 2. The van der Waals surface area contributed by atoms with E-state index in [1.807, 2.05) is 0 Å². The predicted octanol–water partition coefficient (Wildman–Crippen LogP) is 4.08. The van der Waals surface area contributed by atoms with Crippen molar-refractivity contribution in [1.82, 2.24) is 15.3 Å². The van der Waals surface area contributed by atoms with Crippen LogP contribution < -0.4 is 10.9 Å². The number of nitrogens with zero attached hydrogens (tertiary/aromatic N) is 1. The minimum Gasteiger partial charge on any atom is -0.466 e. The van der Waals surface area contributed by atoms with Gasteiger partial charge in [-0.2, -0.15) is 0 Å². The Morgan fingerprint density at radius 2 is 1.91 bits per heavy atom. The number of benzene rings is 1. The Morgan fingerprint density at radius 3 is 2.54 bits per heavy atom. The molecule has 1 aromatic carbocycles. The van der Waals surface area contributed by atoms with Gasteiger partial charge in [0.25, 0.3) is 5.56 Å². The number of aromatic amines is 1. The maximum atomic E-state index is 14.2. The molecule has 2 heterocycles. The van der Waals surface area contributed by atoms with Crippen LogP contribution >= 0.6 is 35.0 Å². The lowest BCUT2D eigenvalue weighted by Gasteiger charge is -2.32. The van der Waals surface area contributed by atoms with E-state index in [2.05, 4.69) is 15.3 Å². The highest BCUT2D eigenvalue weighted by atomic mass is 35.5. The standard InChI is InChI=1S/C23H22Cl2FN3O5S/c1-4-34-22(32)19-15(10-35-23-27-11(2)8-16(30)29-23)28-14(9-26)18(21(31)33-3)17(19)12-6-5-7-13(24)20(12)25/h5-8,17,28H,4,9-10H2,1-3H3,(H,27,29,30). The number of rotatable bonds is 8. The first-order chi connectivity index (χ1) is 16.7. The van der Waals surface area contributed by atoms with Crippen LogP contribution in [0, 0.1) is 6.92 Å². The lowest BCUT2D eigenvalue weighted by Crippen LogP contribution is -2.35. The Labute approximate surface area is 214 Å². The molecular weight excluding hydrogens is 520 g/mol. The lowest BCUT2D eigenvalue weighted by atomic mass is 9.80. The van der Waals surface area contributed by atoms with Gasteiger partial charge in [0.1, 0.15) is 6.67 Å². The van der Waals surface area contributed by atoms with E-state index in [1.165, 1.54) is 6.07 Å². The molecule has 186 valence electrons. The van der Waals surface area contributed by atoms with E-state index in [0.29, 0.717) is 16.4 Å². The number of esters is 2. The molecule has 0 spiro atoms. The van der Waals surface area contributed by atoms with Gasteiger partial charge in [-0.3, -0.25) is 4.79 Å². The predicted molar refractivity (Wildman–Crippen MR) is 131 cm³/mol. The summed E-state index contributed by atoms with van der Waals surface area (Å²) in [6, 6.07) is 6.09. The fourth-order valence-corrected chi connectivity index (χ4v) is 4.95. The second-order valence-electron chi connectivity index (χ2n) is 7.31. The first kappa shape index (κ1) is 26.8. The van der Waals surface area contributed by atoms with Crippen LogP contribution in [0.3, 0.4) is 0 Å². The quantitative estimate of drug-likeness (QED) is 0.292. The zero-order valence-corrected chi connectivity index (χ0v) is 21.4. The van der Waals surface area contributed by atoms with E-state index in [-0.39, 0.29) is 50.5 Å². The summed E-state index contributed by atoms with van der Waals surface area (Å²) >= 11 is 13.8. The van der Waals surface area contributed by atoms with E-state index >= 15 is 0 Å². The average Bonchev–Trinajstić information content (AvgIpc) is 2.82. The van der Waals surface area contributed by atoms with Gasteiger partial charge in [0.05, 0.1) is 46.5 Å². The molecule has 35 heavy (non-hydrogen) atoms. The molecule has 8 nitrogen and oxygen atoms in total. The van der Waals surface area contributed by atoms with Gasteiger partial charge in [0.15, 0.2) is 5.16 Å². The molecule has 0 saturated carbocycles.